The molecule has 15 heavy (non-hydrogen) atoms. The summed E-state index contributed by atoms with van der Waals surface area (Å²) in [6.07, 6.45) is 0.801. The SMILES string of the molecule is CC(O)CN1CCc2ccc(N)cc2C1. The van der Waals surface area contributed by atoms with Crippen LogP contribution in [0.5, 0.6) is 0 Å². The maximum atomic E-state index is 9.34. The van der Waals surface area contributed by atoms with Crippen molar-refractivity contribution in [3.63, 3.8) is 0 Å². The number of rotatable bonds is 2. The molecule has 1 unspecified atom stereocenters. The van der Waals surface area contributed by atoms with Gasteiger partial charge in [0.15, 0.2) is 0 Å². The zero-order valence-corrected chi connectivity index (χ0v) is 9.11. The Morgan fingerprint density at radius 3 is 3.00 bits per heavy atom. The number of β-amino-alcohol motifs (C(OH)–C–C–N with tert-alkyl or cyclic N) is 1. The lowest BCUT2D eigenvalue weighted by Crippen LogP contribution is -2.35. The highest BCUT2D eigenvalue weighted by atomic mass is 16.3. The number of benzene rings is 1. The van der Waals surface area contributed by atoms with E-state index in [-0.39, 0.29) is 6.10 Å². The van der Waals surface area contributed by atoms with E-state index in [0.717, 1.165) is 31.7 Å². The van der Waals surface area contributed by atoms with E-state index < -0.39 is 0 Å². The molecule has 0 fully saturated rings. The molecule has 1 heterocycles. The van der Waals surface area contributed by atoms with Gasteiger partial charge in [0.1, 0.15) is 0 Å². The van der Waals surface area contributed by atoms with Crippen molar-refractivity contribution in [2.24, 2.45) is 0 Å². The van der Waals surface area contributed by atoms with Crippen LogP contribution in [0.25, 0.3) is 0 Å². The topological polar surface area (TPSA) is 49.5 Å². The van der Waals surface area contributed by atoms with E-state index in [9.17, 15) is 5.11 Å². The molecule has 0 saturated carbocycles. The Labute approximate surface area is 90.5 Å². The summed E-state index contributed by atoms with van der Waals surface area (Å²) in [5.74, 6) is 0. The van der Waals surface area contributed by atoms with Gasteiger partial charge in [-0.15, -0.1) is 0 Å². The number of hydrogen-bond acceptors (Lipinski definition) is 3. The van der Waals surface area contributed by atoms with Crippen LogP contribution in [0.2, 0.25) is 0 Å². The molecule has 0 amide bonds. The van der Waals surface area contributed by atoms with E-state index in [2.05, 4.69) is 11.0 Å². The Kier molecular flexibility index (Phi) is 2.93. The first-order valence-corrected chi connectivity index (χ1v) is 5.43. The summed E-state index contributed by atoms with van der Waals surface area (Å²) in [4.78, 5) is 2.27. The fourth-order valence-electron chi connectivity index (χ4n) is 2.16. The molecule has 3 nitrogen and oxygen atoms in total. The molecule has 1 aliphatic rings. The maximum Gasteiger partial charge on any atom is 0.0639 e. The summed E-state index contributed by atoms with van der Waals surface area (Å²) in [7, 11) is 0. The van der Waals surface area contributed by atoms with Gasteiger partial charge in [-0.3, -0.25) is 4.90 Å². The van der Waals surface area contributed by atoms with Crippen LogP contribution in [0.15, 0.2) is 18.2 Å². The molecule has 1 atom stereocenters. The minimum absolute atomic E-state index is 0.257. The van der Waals surface area contributed by atoms with Crippen LogP contribution < -0.4 is 5.73 Å². The molecule has 0 spiro atoms. The summed E-state index contributed by atoms with van der Waals surface area (Å²) in [6.45, 7) is 4.51. The van der Waals surface area contributed by atoms with Crippen molar-refractivity contribution in [3.8, 4) is 0 Å². The van der Waals surface area contributed by atoms with E-state index in [1.54, 1.807) is 0 Å². The quantitative estimate of drug-likeness (QED) is 0.710. The van der Waals surface area contributed by atoms with Crippen molar-refractivity contribution in [2.75, 3.05) is 18.8 Å². The Morgan fingerprint density at radius 1 is 1.47 bits per heavy atom. The second-order valence-corrected chi connectivity index (χ2v) is 4.36. The first-order chi connectivity index (χ1) is 7.15. The molecule has 82 valence electrons. The van der Waals surface area contributed by atoms with Gasteiger partial charge in [-0.2, -0.15) is 0 Å². The molecule has 0 aromatic heterocycles. The van der Waals surface area contributed by atoms with E-state index in [4.69, 9.17) is 5.73 Å². The van der Waals surface area contributed by atoms with E-state index in [1.165, 1.54) is 11.1 Å². The van der Waals surface area contributed by atoms with Crippen molar-refractivity contribution in [1.29, 1.82) is 0 Å². The lowest BCUT2D eigenvalue weighted by Gasteiger charge is -2.29. The van der Waals surface area contributed by atoms with Crippen LogP contribution in [-0.2, 0) is 13.0 Å². The van der Waals surface area contributed by atoms with E-state index in [0.29, 0.717) is 0 Å². The van der Waals surface area contributed by atoms with Gasteiger partial charge in [-0.25, -0.2) is 0 Å². The third-order valence-corrected chi connectivity index (χ3v) is 2.84. The molecular formula is C12H18N2O. The third kappa shape index (κ3) is 2.49. The molecule has 1 aliphatic heterocycles. The van der Waals surface area contributed by atoms with Gasteiger partial charge in [-0.05, 0) is 36.6 Å². The van der Waals surface area contributed by atoms with Gasteiger partial charge in [-0.1, -0.05) is 6.07 Å². The van der Waals surface area contributed by atoms with Crippen molar-refractivity contribution in [3.05, 3.63) is 29.3 Å². The van der Waals surface area contributed by atoms with Gasteiger partial charge in [0.25, 0.3) is 0 Å². The van der Waals surface area contributed by atoms with Crippen LogP contribution in [-0.4, -0.2) is 29.2 Å². The van der Waals surface area contributed by atoms with Gasteiger partial charge < -0.3 is 10.8 Å². The highest BCUT2D eigenvalue weighted by Gasteiger charge is 2.16. The summed E-state index contributed by atoms with van der Waals surface area (Å²) in [5.41, 5.74) is 9.29. The minimum atomic E-state index is -0.257. The zero-order chi connectivity index (χ0) is 10.8. The Hall–Kier alpha value is -1.06. The number of anilines is 1. The standard InChI is InChI=1S/C12H18N2O/c1-9(15)7-14-5-4-10-2-3-12(13)6-11(10)8-14/h2-3,6,9,15H,4-5,7-8,13H2,1H3. The number of nitrogens with zero attached hydrogens (tertiary/aromatic N) is 1. The number of hydrogen-bond donors (Lipinski definition) is 2. The van der Waals surface area contributed by atoms with Gasteiger partial charge in [0.05, 0.1) is 6.10 Å². The maximum absolute atomic E-state index is 9.34. The molecule has 0 radical (unpaired) electrons. The summed E-state index contributed by atoms with van der Waals surface area (Å²) >= 11 is 0. The number of nitrogens with two attached hydrogens (primary N) is 1. The Balaban J connectivity index is 2.11. The van der Waals surface area contributed by atoms with Crippen molar-refractivity contribution in [2.45, 2.75) is 26.0 Å². The monoisotopic (exact) mass is 206 g/mol. The first-order valence-electron chi connectivity index (χ1n) is 5.43. The number of aliphatic hydroxyl groups excluding tert-OH is 1. The van der Waals surface area contributed by atoms with Gasteiger partial charge >= 0.3 is 0 Å². The molecule has 2 rings (SSSR count). The molecule has 0 saturated heterocycles. The molecule has 0 bridgehead atoms. The van der Waals surface area contributed by atoms with Crippen LogP contribution in [0.1, 0.15) is 18.1 Å². The second-order valence-electron chi connectivity index (χ2n) is 4.36. The van der Waals surface area contributed by atoms with Gasteiger partial charge in [0, 0.05) is 25.3 Å². The van der Waals surface area contributed by atoms with Crippen molar-refractivity contribution in [1.82, 2.24) is 4.90 Å². The lowest BCUT2D eigenvalue weighted by molar-refractivity contribution is 0.119. The minimum Gasteiger partial charge on any atom is -0.399 e. The average Bonchev–Trinajstić information content (AvgIpc) is 2.16. The fourth-order valence-corrected chi connectivity index (χ4v) is 2.16. The van der Waals surface area contributed by atoms with Crippen LogP contribution in [0.4, 0.5) is 5.69 Å². The van der Waals surface area contributed by atoms with Crippen LogP contribution in [0.3, 0.4) is 0 Å². The largest absolute Gasteiger partial charge is 0.399 e. The number of nitrogen functional groups attached to an aromatic ring is 1. The highest BCUT2D eigenvalue weighted by Crippen LogP contribution is 2.21. The molecular weight excluding hydrogens is 188 g/mol. The molecule has 0 aliphatic carbocycles. The van der Waals surface area contributed by atoms with Crippen molar-refractivity contribution < 1.29 is 5.11 Å². The smallest absolute Gasteiger partial charge is 0.0639 e. The zero-order valence-electron chi connectivity index (χ0n) is 9.11. The summed E-state index contributed by atoms with van der Waals surface area (Å²) in [6, 6.07) is 6.12. The first kappa shape index (κ1) is 10.5. The van der Waals surface area contributed by atoms with E-state index in [1.807, 2.05) is 19.1 Å². The summed E-state index contributed by atoms with van der Waals surface area (Å²) in [5, 5.41) is 9.34. The Bertz CT molecular complexity index is 349. The number of aliphatic hydroxyl groups is 1. The number of fused-ring (bicyclic) bond motifs is 1. The Morgan fingerprint density at radius 2 is 2.27 bits per heavy atom. The highest BCUT2D eigenvalue weighted by molar-refractivity contribution is 5.45. The summed E-state index contributed by atoms with van der Waals surface area (Å²) < 4.78 is 0. The average molecular weight is 206 g/mol. The molecule has 1 aromatic rings. The molecule has 3 N–H and O–H groups in total. The lowest BCUT2D eigenvalue weighted by atomic mass is 9.99. The third-order valence-electron chi connectivity index (χ3n) is 2.84. The molecule has 3 heteroatoms. The van der Waals surface area contributed by atoms with Crippen LogP contribution >= 0.6 is 0 Å². The fraction of sp³-hybridized carbons (Fsp3) is 0.500. The normalized spacial score (nSPS) is 18.5. The van der Waals surface area contributed by atoms with Crippen molar-refractivity contribution >= 4 is 5.69 Å². The molecule has 1 aromatic carbocycles. The van der Waals surface area contributed by atoms with Gasteiger partial charge in [0.2, 0.25) is 0 Å². The van der Waals surface area contributed by atoms with E-state index >= 15 is 0 Å². The second kappa shape index (κ2) is 4.21. The van der Waals surface area contributed by atoms with Crippen LogP contribution in [0, 0.1) is 0 Å². The predicted octanol–water partition coefficient (Wildman–Crippen LogP) is 1.01. The predicted molar refractivity (Wildman–Crippen MR) is 61.5 cm³/mol.